The van der Waals surface area contributed by atoms with Gasteiger partial charge < -0.3 is 10.0 Å². The van der Waals surface area contributed by atoms with Crippen LogP contribution in [0.1, 0.15) is 30.7 Å². The monoisotopic (exact) mass is 339 g/mol. The molecule has 2 unspecified atom stereocenters. The van der Waals surface area contributed by atoms with Gasteiger partial charge in [0.2, 0.25) is 5.91 Å². The van der Waals surface area contributed by atoms with Crippen molar-refractivity contribution in [1.29, 1.82) is 0 Å². The molecule has 25 heavy (non-hydrogen) atoms. The highest BCUT2D eigenvalue weighted by Gasteiger charge is 2.49. The summed E-state index contributed by atoms with van der Waals surface area (Å²) >= 11 is 0. The van der Waals surface area contributed by atoms with Crippen LogP contribution in [0.4, 0.5) is 0 Å². The Bertz CT molecular complexity index is 764. The van der Waals surface area contributed by atoms with Crippen molar-refractivity contribution in [3.05, 3.63) is 54.4 Å². The van der Waals surface area contributed by atoms with Crippen LogP contribution >= 0.6 is 0 Å². The zero-order valence-electron chi connectivity index (χ0n) is 13.9. The van der Waals surface area contributed by atoms with Gasteiger partial charge in [-0.15, -0.1) is 0 Å². The Hall–Kier alpha value is -2.63. The Morgan fingerprint density at radius 2 is 1.84 bits per heavy atom. The molecule has 2 heterocycles. The Kier molecular flexibility index (Phi) is 3.82. The van der Waals surface area contributed by atoms with Crippen molar-refractivity contribution in [2.45, 2.75) is 30.7 Å². The van der Waals surface area contributed by atoms with Gasteiger partial charge in [0.1, 0.15) is 0 Å². The van der Waals surface area contributed by atoms with Gasteiger partial charge in [-0.3, -0.25) is 9.48 Å². The molecule has 2 fully saturated rings. The summed E-state index contributed by atoms with van der Waals surface area (Å²) in [4.78, 5) is 26.5. The van der Waals surface area contributed by atoms with E-state index in [0.717, 1.165) is 6.42 Å². The van der Waals surface area contributed by atoms with E-state index in [2.05, 4.69) is 17.2 Å². The first-order chi connectivity index (χ1) is 12.1. The maximum absolute atomic E-state index is 12.8. The first-order valence-electron chi connectivity index (χ1n) is 8.69. The van der Waals surface area contributed by atoms with Crippen molar-refractivity contribution in [2.75, 3.05) is 13.1 Å². The van der Waals surface area contributed by atoms with E-state index < -0.39 is 11.5 Å². The van der Waals surface area contributed by atoms with E-state index in [1.54, 1.807) is 18.5 Å². The topological polar surface area (TPSA) is 75.4 Å². The van der Waals surface area contributed by atoms with Gasteiger partial charge in [-0.1, -0.05) is 30.3 Å². The lowest BCUT2D eigenvalue weighted by molar-refractivity contribution is -0.153. The molecule has 2 atom stereocenters. The maximum atomic E-state index is 12.8. The van der Waals surface area contributed by atoms with E-state index >= 15 is 0 Å². The highest BCUT2D eigenvalue weighted by molar-refractivity contribution is 5.84. The number of rotatable bonds is 4. The summed E-state index contributed by atoms with van der Waals surface area (Å²) in [7, 11) is 0. The average Bonchev–Trinajstić information content (AvgIpc) is 3.26. The second-order valence-electron chi connectivity index (χ2n) is 6.97. The minimum Gasteiger partial charge on any atom is -0.479 e. The summed E-state index contributed by atoms with van der Waals surface area (Å²) in [5.41, 5.74) is 0.178. The number of likely N-dealkylation sites (tertiary alicyclic amines) is 1. The quantitative estimate of drug-likeness (QED) is 0.925. The molecule has 4 rings (SSSR count). The van der Waals surface area contributed by atoms with Crippen LogP contribution in [0.25, 0.3) is 0 Å². The molecular formula is C19H21N3O3. The molecule has 2 aliphatic rings. The molecule has 1 aromatic carbocycles. The molecule has 0 spiro atoms. The Morgan fingerprint density at radius 3 is 2.44 bits per heavy atom. The van der Waals surface area contributed by atoms with E-state index in [1.165, 1.54) is 10.2 Å². The fourth-order valence-electron chi connectivity index (χ4n) is 3.93. The molecular weight excluding hydrogens is 318 g/mol. The first-order valence-corrected chi connectivity index (χ1v) is 8.69. The molecule has 1 saturated carbocycles. The number of carbonyl (C=O) groups is 2. The molecule has 0 bridgehead atoms. The third kappa shape index (κ3) is 2.71. The number of aromatic nitrogens is 2. The van der Waals surface area contributed by atoms with Crippen LogP contribution in [0.2, 0.25) is 0 Å². The number of aliphatic carboxylic acids is 1. The Morgan fingerprint density at radius 1 is 1.12 bits per heavy atom. The number of nitrogens with zero attached hydrogens (tertiary/aromatic N) is 3. The number of carboxylic acid groups (broad SMARTS) is 1. The van der Waals surface area contributed by atoms with Crippen LogP contribution in [-0.2, 0) is 15.1 Å². The van der Waals surface area contributed by atoms with Gasteiger partial charge in [-0.2, -0.15) is 5.10 Å². The first kappa shape index (κ1) is 15.9. The lowest BCUT2D eigenvalue weighted by Gasteiger charge is -2.39. The molecule has 1 aromatic heterocycles. The summed E-state index contributed by atoms with van der Waals surface area (Å²) in [6.45, 7) is 0.923. The van der Waals surface area contributed by atoms with Gasteiger partial charge in [0.05, 0.1) is 0 Å². The maximum Gasteiger partial charge on any atom is 0.331 e. The zero-order chi connectivity index (χ0) is 17.4. The number of hydrogen-bond donors (Lipinski definition) is 1. The highest BCUT2D eigenvalue weighted by atomic mass is 16.4. The molecule has 0 radical (unpaired) electrons. The van der Waals surface area contributed by atoms with Crippen LogP contribution in [0.5, 0.6) is 0 Å². The van der Waals surface area contributed by atoms with E-state index in [0.29, 0.717) is 31.8 Å². The van der Waals surface area contributed by atoms with E-state index in [4.69, 9.17) is 0 Å². The summed E-state index contributed by atoms with van der Waals surface area (Å²) in [6.07, 6.45) is 4.95. The van der Waals surface area contributed by atoms with Gasteiger partial charge in [-0.05, 0) is 24.0 Å². The van der Waals surface area contributed by atoms with E-state index in [-0.39, 0.29) is 11.8 Å². The lowest BCUT2D eigenvalue weighted by atomic mass is 9.87. The normalized spacial score (nSPS) is 24.7. The fourth-order valence-corrected chi connectivity index (χ4v) is 3.93. The Balaban J connectivity index is 1.42. The molecule has 1 amide bonds. The second-order valence-corrected chi connectivity index (χ2v) is 6.97. The van der Waals surface area contributed by atoms with Gasteiger partial charge in [0.25, 0.3) is 0 Å². The second kappa shape index (κ2) is 6.02. The van der Waals surface area contributed by atoms with Crippen LogP contribution in [0.15, 0.2) is 48.8 Å². The average molecular weight is 339 g/mol. The Labute approximate surface area is 146 Å². The standard InChI is InChI=1S/C19H21N3O3/c23-17(16-13-15(16)14-5-2-1-3-6-14)21-11-7-19(8-12-21,18(24)25)22-10-4-9-20-22/h1-6,9-10,15-16H,7-8,11-13H2,(H,24,25). The van der Waals surface area contributed by atoms with Crippen molar-refractivity contribution >= 4 is 11.9 Å². The van der Waals surface area contributed by atoms with Crippen molar-refractivity contribution in [3.8, 4) is 0 Å². The van der Waals surface area contributed by atoms with Gasteiger partial charge in [-0.25, -0.2) is 4.79 Å². The van der Waals surface area contributed by atoms with E-state index in [1.807, 2.05) is 23.1 Å². The molecule has 6 heteroatoms. The zero-order valence-corrected chi connectivity index (χ0v) is 13.9. The van der Waals surface area contributed by atoms with Crippen LogP contribution in [0, 0.1) is 5.92 Å². The van der Waals surface area contributed by atoms with Gasteiger partial charge in [0.15, 0.2) is 5.54 Å². The van der Waals surface area contributed by atoms with E-state index in [9.17, 15) is 14.7 Å². The van der Waals surface area contributed by atoms with Gasteiger partial charge in [0, 0.05) is 44.2 Å². The number of amides is 1. The lowest BCUT2D eigenvalue weighted by Crippen LogP contribution is -2.52. The number of hydrogen-bond acceptors (Lipinski definition) is 3. The number of carboxylic acids is 1. The van der Waals surface area contributed by atoms with Gasteiger partial charge >= 0.3 is 5.97 Å². The summed E-state index contributed by atoms with van der Waals surface area (Å²) in [5.74, 6) is -0.361. The SMILES string of the molecule is O=C(C1CC1c1ccccc1)N1CCC(C(=O)O)(n2cccn2)CC1. The predicted molar refractivity (Wildman–Crippen MR) is 90.9 cm³/mol. The summed E-state index contributed by atoms with van der Waals surface area (Å²) in [6, 6.07) is 11.9. The van der Waals surface area contributed by atoms with Crippen molar-refractivity contribution in [2.24, 2.45) is 5.92 Å². The number of carbonyl (C=O) groups excluding carboxylic acids is 1. The predicted octanol–water partition coefficient (Wildman–Crippen LogP) is 2.09. The minimum atomic E-state index is -1.04. The van der Waals surface area contributed by atoms with Crippen LogP contribution < -0.4 is 0 Å². The molecule has 1 N–H and O–H groups in total. The minimum absolute atomic E-state index is 0.0458. The molecule has 1 aliphatic carbocycles. The third-order valence-electron chi connectivity index (χ3n) is 5.58. The van der Waals surface area contributed by atoms with Crippen molar-refractivity contribution < 1.29 is 14.7 Å². The third-order valence-corrected chi connectivity index (χ3v) is 5.58. The molecule has 6 nitrogen and oxygen atoms in total. The number of benzene rings is 1. The molecule has 1 saturated heterocycles. The largest absolute Gasteiger partial charge is 0.479 e. The molecule has 1 aliphatic heterocycles. The number of piperidine rings is 1. The smallest absolute Gasteiger partial charge is 0.331 e. The van der Waals surface area contributed by atoms with Crippen molar-refractivity contribution in [1.82, 2.24) is 14.7 Å². The highest BCUT2D eigenvalue weighted by Crippen LogP contribution is 2.48. The molecule has 130 valence electrons. The molecule has 2 aromatic rings. The fraction of sp³-hybridized carbons (Fsp3) is 0.421. The van der Waals surface area contributed by atoms with Crippen LogP contribution in [-0.4, -0.2) is 44.8 Å². The summed E-state index contributed by atoms with van der Waals surface area (Å²) in [5, 5.41) is 13.9. The van der Waals surface area contributed by atoms with Crippen LogP contribution in [0.3, 0.4) is 0 Å². The summed E-state index contributed by atoms with van der Waals surface area (Å²) < 4.78 is 1.53. The van der Waals surface area contributed by atoms with Crippen molar-refractivity contribution in [3.63, 3.8) is 0 Å².